The molecule has 2 amide bonds. The average Bonchev–Trinajstić information content (AvgIpc) is 3.01. The van der Waals surface area contributed by atoms with E-state index in [0.717, 1.165) is 24.8 Å². The number of aromatic nitrogens is 1. The first-order chi connectivity index (χ1) is 15.6. The first kappa shape index (κ1) is 23.0. The summed E-state index contributed by atoms with van der Waals surface area (Å²) in [5.74, 6) is -0.767. The van der Waals surface area contributed by atoms with Crippen LogP contribution in [0.3, 0.4) is 0 Å². The molecule has 1 N–H and O–H groups in total. The second-order valence-electron chi connectivity index (χ2n) is 10.7. The van der Waals surface area contributed by atoms with Crippen LogP contribution in [0, 0.1) is 10.8 Å². The molecule has 1 aromatic heterocycles. The van der Waals surface area contributed by atoms with Gasteiger partial charge in [0.2, 0.25) is 5.43 Å². The fraction of sp³-hybridized carbons (Fsp3) is 0.444. The second kappa shape index (κ2) is 8.65. The van der Waals surface area contributed by atoms with Crippen molar-refractivity contribution in [3.63, 3.8) is 0 Å². The summed E-state index contributed by atoms with van der Waals surface area (Å²) in [6.07, 6.45) is 7.64. The highest BCUT2D eigenvalue weighted by molar-refractivity contribution is 5.99. The Bertz CT molecular complexity index is 1140. The number of amides is 2. The zero-order valence-corrected chi connectivity index (χ0v) is 19.8. The highest BCUT2D eigenvalue weighted by Crippen LogP contribution is 2.52. The Morgan fingerprint density at radius 3 is 2.52 bits per heavy atom. The van der Waals surface area contributed by atoms with E-state index in [1.807, 2.05) is 35.2 Å². The van der Waals surface area contributed by atoms with Gasteiger partial charge in [-0.15, -0.1) is 6.58 Å². The predicted octanol–water partition coefficient (Wildman–Crippen LogP) is 3.85. The summed E-state index contributed by atoms with van der Waals surface area (Å²) in [7, 11) is 0. The van der Waals surface area contributed by atoms with E-state index in [4.69, 9.17) is 0 Å². The van der Waals surface area contributed by atoms with Crippen molar-refractivity contribution < 1.29 is 9.59 Å². The van der Waals surface area contributed by atoms with E-state index in [1.165, 1.54) is 6.20 Å². The van der Waals surface area contributed by atoms with Gasteiger partial charge in [-0.05, 0) is 35.7 Å². The molecule has 2 atom stereocenters. The van der Waals surface area contributed by atoms with Crippen LogP contribution in [-0.4, -0.2) is 40.4 Å². The minimum Gasteiger partial charge on any atom is -0.348 e. The summed E-state index contributed by atoms with van der Waals surface area (Å²) in [4.78, 5) is 41.7. The van der Waals surface area contributed by atoms with E-state index in [9.17, 15) is 14.4 Å². The maximum atomic E-state index is 13.7. The standard InChI is InChI=1S/C27H33N3O3/c1-5-11-28-24(32)21-15-29(14-19-9-7-6-8-10-19)16-22(23(21)31)25(33)30-18-27(4)13-20(30)12-26(2,3)17-27/h5-10,15-16,20H,1,11-14,17-18H2,2-4H3,(H,28,32)/t20-,27-/m0/s1. The zero-order chi connectivity index (χ0) is 23.8. The van der Waals surface area contributed by atoms with Crippen LogP contribution >= 0.6 is 0 Å². The quantitative estimate of drug-likeness (QED) is 0.684. The Kier molecular flexibility index (Phi) is 6.04. The Labute approximate surface area is 195 Å². The van der Waals surface area contributed by atoms with Crippen LogP contribution in [0.5, 0.6) is 0 Å². The molecule has 2 bridgehead atoms. The minimum absolute atomic E-state index is 0.0210. The number of benzene rings is 1. The number of rotatable bonds is 6. The first-order valence-electron chi connectivity index (χ1n) is 11.6. The topological polar surface area (TPSA) is 71.4 Å². The van der Waals surface area contributed by atoms with Crippen LogP contribution in [0.1, 0.15) is 66.3 Å². The first-order valence-corrected chi connectivity index (χ1v) is 11.6. The molecule has 1 saturated carbocycles. The van der Waals surface area contributed by atoms with Crippen molar-refractivity contribution in [2.45, 2.75) is 52.6 Å². The van der Waals surface area contributed by atoms with Gasteiger partial charge in [0.25, 0.3) is 11.8 Å². The van der Waals surface area contributed by atoms with E-state index in [-0.39, 0.29) is 40.5 Å². The van der Waals surface area contributed by atoms with Gasteiger partial charge in [0.15, 0.2) is 0 Å². The summed E-state index contributed by atoms with van der Waals surface area (Å²) >= 11 is 0. The van der Waals surface area contributed by atoms with Crippen LogP contribution in [0.4, 0.5) is 0 Å². The molecule has 0 spiro atoms. The van der Waals surface area contributed by atoms with Crippen LogP contribution in [0.15, 0.2) is 60.2 Å². The van der Waals surface area contributed by atoms with Crippen molar-refractivity contribution >= 4 is 11.8 Å². The number of likely N-dealkylation sites (tertiary alicyclic amines) is 1. The molecule has 174 valence electrons. The van der Waals surface area contributed by atoms with Crippen LogP contribution in [0.25, 0.3) is 0 Å². The molecule has 4 rings (SSSR count). The molecular weight excluding hydrogens is 414 g/mol. The molecule has 1 aromatic carbocycles. The molecule has 6 nitrogen and oxygen atoms in total. The number of nitrogens with zero attached hydrogens (tertiary/aromatic N) is 2. The molecule has 0 unspecified atom stereocenters. The Hall–Kier alpha value is -3.15. The van der Waals surface area contributed by atoms with Gasteiger partial charge < -0.3 is 14.8 Å². The van der Waals surface area contributed by atoms with E-state index in [2.05, 4.69) is 32.7 Å². The maximum Gasteiger partial charge on any atom is 0.259 e. The smallest absolute Gasteiger partial charge is 0.259 e. The van der Waals surface area contributed by atoms with Crippen LogP contribution < -0.4 is 10.7 Å². The average molecular weight is 448 g/mol. The van der Waals surface area contributed by atoms with Crippen molar-refractivity contribution in [2.75, 3.05) is 13.1 Å². The Morgan fingerprint density at radius 1 is 1.12 bits per heavy atom. The van der Waals surface area contributed by atoms with Crippen molar-refractivity contribution in [2.24, 2.45) is 10.8 Å². The molecule has 2 aromatic rings. The van der Waals surface area contributed by atoms with Gasteiger partial charge in [-0.2, -0.15) is 0 Å². The van der Waals surface area contributed by atoms with Crippen LogP contribution in [-0.2, 0) is 6.54 Å². The third-order valence-electron chi connectivity index (χ3n) is 6.84. The third kappa shape index (κ3) is 4.80. The molecular formula is C27H33N3O3. The van der Waals surface area contributed by atoms with E-state index >= 15 is 0 Å². The zero-order valence-electron chi connectivity index (χ0n) is 19.8. The monoisotopic (exact) mass is 447 g/mol. The van der Waals surface area contributed by atoms with Crippen molar-refractivity contribution in [1.82, 2.24) is 14.8 Å². The highest BCUT2D eigenvalue weighted by atomic mass is 16.2. The van der Waals surface area contributed by atoms with Crippen molar-refractivity contribution in [3.8, 4) is 0 Å². The summed E-state index contributed by atoms with van der Waals surface area (Å²) in [5, 5.41) is 2.67. The van der Waals surface area contributed by atoms with Gasteiger partial charge in [-0.3, -0.25) is 14.4 Å². The van der Waals surface area contributed by atoms with Crippen molar-refractivity contribution in [3.05, 3.63) is 82.3 Å². The molecule has 1 aliphatic carbocycles. The second-order valence-corrected chi connectivity index (χ2v) is 10.7. The molecule has 2 heterocycles. The largest absolute Gasteiger partial charge is 0.348 e. The number of hydrogen-bond acceptors (Lipinski definition) is 3. The normalized spacial score (nSPS) is 23.2. The highest BCUT2D eigenvalue weighted by Gasteiger charge is 2.51. The van der Waals surface area contributed by atoms with Gasteiger partial charge in [-0.1, -0.05) is 57.2 Å². The number of carbonyl (C=O) groups excluding carboxylic acids is 2. The Morgan fingerprint density at radius 2 is 1.82 bits per heavy atom. The lowest BCUT2D eigenvalue weighted by Crippen LogP contribution is -2.41. The molecule has 6 heteroatoms. The third-order valence-corrected chi connectivity index (χ3v) is 6.84. The SMILES string of the molecule is C=CCNC(=O)c1cn(Cc2ccccc2)cc(C(=O)N2C[C@@]3(C)C[C@@H]2CC(C)(C)C3)c1=O. The molecule has 1 saturated heterocycles. The number of nitrogens with one attached hydrogen (secondary N) is 1. The lowest BCUT2D eigenvalue weighted by molar-refractivity contribution is 0.0706. The van der Waals surface area contributed by atoms with Gasteiger partial charge in [0, 0.05) is 38.1 Å². The fourth-order valence-electron chi connectivity index (χ4n) is 5.94. The molecule has 1 aliphatic heterocycles. The fourth-order valence-corrected chi connectivity index (χ4v) is 5.94. The van der Waals surface area contributed by atoms with E-state index in [1.54, 1.807) is 16.8 Å². The summed E-state index contributed by atoms with van der Waals surface area (Å²) in [6, 6.07) is 9.88. The molecule has 2 fully saturated rings. The number of hydrogen-bond donors (Lipinski definition) is 1. The lowest BCUT2D eigenvalue weighted by Gasteiger charge is -2.39. The van der Waals surface area contributed by atoms with Crippen LogP contribution in [0.2, 0.25) is 0 Å². The number of fused-ring (bicyclic) bond motifs is 2. The van der Waals surface area contributed by atoms with Gasteiger partial charge in [-0.25, -0.2) is 0 Å². The number of pyridine rings is 1. The minimum atomic E-state index is -0.517. The van der Waals surface area contributed by atoms with Gasteiger partial charge in [0.1, 0.15) is 11.1 Å². The summed E-state index contributed by atoms with van der Waals surface area (Å²) in [5.41, 5.74) is 0.759. The predicted molar refractivity (Wildman–Crippen MR) is 129 cm³/mol. The van der Waals surface area contributed by atoms with Gasteiger partial charge in [0.05, 0.1) is 0 Å². The maximum absolute atomic E-state index is 13.7. The molecule has 33 heavy (non-hydrogen) atoms. The number of carbonyl (C=O) groups is 2. The van der Waals surface area contributed by atoms with Gasteiger partial charge >= 0.3 is 0 Å². The summed E-state index contributed by atoms with van der Waals surface area (Å²) < 4.78 is 1.76. The lowest BCUT2D eigenvalue weighted by atomic mass is 9.65. The van der Waals surface area contributed by atoms with E-state index in [0.29, 0.717) is 13.1 Å². The van der Waals surface area contributed by atoms with E-state index < -0.39 is 11.3 Å². The Balaban J connectivity index is 1.72. The summed E-state index contributed by atoms with van der Waals surface area (Å²) in [6.45, 7) is 11.7. The molecule has 2 aliphatic rings. The van der Waals surface area contributed by atoms with Crippen molar-refractivity contribution in [1.29, 1.82) is 0 Å². The molecule has 0 radical (unpaired) electrons.